The molecule has 1 aliphatic rings. The third kappa shape index (κ3) is 5.41. The molecular formula is C16H31NO3. The van der Waals surface area contributed by atoms with Gasteiger partial charge in [-0.25, -0.2) is 0 Å². The summed E-state index contributed by atoms with van der Waals surface area (Å²) < 4.78 is 5.94. The lowest BCUT2D eigenvalue weighted by atomic mass is 9.85. The van der Waals surface area contributed by atoms with Crippen molar-refractivity contribution < 1.29 is 14.6 Å². The van der Waals surface area contributed by atoms with Crippen LogP contribution in [0, 0.1) is 5.92 Å². The van der Waals surface area contributed by atoms with Crippen LogP contribution in [0.15, 0.2) is 0 Å². The molecule has 4 nitrogen and oxygen atoms in total. The highest BCUT2D eigenvalue weighted by molar-refractivity contribution is 5.78. The minimum Gasteiger partial charge on any atom is -0.480 e. The van der Waals surface area contributed by atoms with Crippen molar-refractivity contribution in [1.82, 2.24) is 5.32 Å². The van der Waals surface area contributed by atoms with Crippen LogP contribution in [-0.4, -0.2) is 35.9 Å². The average molecular weight is 285 g/mol. The summed E-state index contributed by atoms with van der Waals surface area (Å²) in [6.07, 6.45) is 7.85. The fourth-order valence-electron chi connectivity index (χ4n) is 2.87. The van der Waals surface area contributed by atoms with Crippen molar-refractivity contribution in [3.63, 3.8) is 0 Å². The predicted molar refractivity (Wildman–Crippen MR) is 80.9 cm³/mol. The van der Waals surface area contributed by atoms with Gasteiger partial charge in [-0.15, -0.1) is 0 Å². The first-order valence-electron chi connectivity index (χ1n) is 8.11. The molecule has 0 amide bonds. The zero-order valence-electron chi connectivity index (χ0n) is 13.3. The molecule has 20 heavy (non-hydrogen) atoms. The molecule has 118 valence electrons. The molecular weight excluding hydrogens is 254 g/mol. The smallest absolute Gasteiger partial charge is 0.323 e. The van der Waals surface area contributed by atoms with Crippen LogP contribution >= 0.6 is 0 Å². The zero-order valence-corrected chi connectivity index (χ0v) is 13.3. The van der Waals surface area contributed by atoms with E-state index in [9.17, 15) is 9.90 Å². The van der Waals surface area contributed by atoms with Crippen LogP contribution < -0.4 is 5.32 Å². The second-order valence-electron chi connectivity index (χ2n) is 6.25. The van der Waals surface area contributed by atoms with Crippen LogP contribution in [-0.2, 0) is 9.53 Å². The Balaban J connectivity index is 2.34. The number of hydrogen-bond acceptors (Lipinski definition) is 3. The van der Waals surface area contributed by atoms with Crippen molar-refractivity contribution in [3.8, 4) is 0 Å². The second-order valence-corrected chi connectivity index (χ2v) is 6.25. The summed E-state index contributed by atoms with van der Waals surface area (Å²) >= 11 is 0. The molecule has 2 N–H and O–H groups in total. The number of ether oxygens (including phenoxy) is 1. The van der Waals surface area contributed by atoms with Gasteiger partial charge in [0.2, 0.25) is 0 Å². The number of carbonyl (C=O) groups is 1. The molecule has 1 fully saturated rings. The third-order valence-corrected chi connectivity index (χ3v) is 4.50. The van der Waals surface area contributed by atoms with Crippen LogP contribution in [0.4, 0.5) is 0 Å². The molecule has 4 heteroatoms. The van der Waals surface area contributed by atoms with Crippen molar-refractivity contribution in [2.24, 2.45) is 5.92 Å². The lowest BCUT2D eigenvalue weighted by molar-refractivity contribution is -0.145. The van der Waals surface area contributed by atoms with E-state index in [0.29, 0.717) is 19.1 Å². The lowest BCUT2D eigenvalue weighted by Crippen LogP contribution is -2.50. The number of hydrogen-bond donors (Lipinski definition) is 2. The predicted octanol–water partition coefficient (Wildman–Crippen LogP) is 3.20. The van der Waals surface area contributed by atoms with E-state index in [2.05, 4.69) is 12.2 Å². The molecule has 3 atom stereocenters. The van der Waals surface area contributed by atoms with E-state index in [1.807, 2.05) is 6.92 Å². The fraction of sp³-hybridized carbons (Fsp3) is 0.938. The summed E-state index contributed by atoms with van der Waals surface area (Å²) in [5.41, 5.74) is -0.866. The molecule has 1 saturated carbocycles. The zero-order chi connectivity index (χ0) is 15.0. The molecule has 0 saturated heterocycles. The molecule has 0 aromatic carbocycles. The van der Waals surface area contributed by atoms with Crippen molar-refractivity contribution in [3.05, 3.63) is 0 Å². The first-order valence-corrected chi connectivity index (χ1v) is 8.11. The maximum atomic E-state index is 11.4. The Morgan fingerprint density at radius 3 is 2.75 bits per heavy atom. The Hall–Kier alpha value is -0.610. The summed E-state index contributed by atoms with van der Waals surface area (Å²) in [6, 6.07) is 0. The van der Waals surface area contributed by atoms with Crippen LogP contribution in [0.1, 0.15) is 65.7 Å². The molecule has 0 bridgehead atoms. The van der Waals surface area contributed by atoms with Crippen molar-refractivity contribution in [2.45, 2.75) is 77.4 Å². The number of aliphatic carboxylic acids is 1. The van der Waals surface area contributed by atoms with E-state index in [4.69, 9.17) is 4.74 Å². The molecule has 0 aromatic heterocycles. The Morgan fingerprint density at radius 1 is 1.40 bits per heavy atom. The first-order chi connectivity index (χ1) is 9.51. The van der Waals surface area contributed by atoms with E-state index >= 15 is 0 Å². The fourth-order valence-corrected chi connectivity index (χ4v) is 2.87. The van der Waals surface area contributed by atoms with Gasteiger partial charge in [0.1, 0.15) is 5.54 Å². The van der Waals surface area contributed by atoms with Gasteiger partial charge in [0.25, 0.3) is 0 Å². The van der Waals surface area contributed by atoms with Crippen LogP contribution in [0.2, 0.25) is 0 Å². The molecule has 0 heterocycles. The molecule has 0 aromatic rings. The van der Waals surface area contributed by atoms with Gasteiger partial charge in [0.05, 0.1) is 6.10 Å². The van der Waals surface area contributed by atoms with E-state index in [1.165, 1.54) is 19.3 Å². The number of carboxylic acids is 1. The van der Waals surface area contributed by atoms with E-state index in [0.717, 1.165) is 31.7 Å². The number of rotatable bonds is 9. The van der Waals surface area contributed by atoms with Gasteiger partial charge < -0.3 is 15.2 Å². The van der Waals surface area contributed by atoms with Crippen molar-refractivity contribution in [2.75, 3.05) is 13.2 Å². The monoisotopic (exact) mass is 285 g/mol. The van der Waals surface area contributed by atoms with Crippen molar-refractivity contribution in [1.29, 1.82) is 0 Å². The SMILES string of the molecule is CCCNC(C)(CCOC1CCCC(CC)C1)C(=O)O. The molecule has 3 unspecified atom stereocenters. The molecule has 1 rings (SSSR count). The summed E-state index contributed by atoms with van der Waals surface area (Å²) in [4.78, 5) is 11.4. The van der Waals surface area contributed by atoms with Gasteiger partial charge in [-0.2, -0.15) is 0 Å². The highest BCUT2D eigenvalue weighted by Gasteiger charge is 2.32. The minimum absolute atomic E-state index is 0.331. The molecule has 1 aliphatic carbocycles. The molecule has 0 radical (unpaired) electrons. The maximum Gasteiger partial charge on any atom is 0.323 e. The normalized spacial score (nSPS) is 26.1. The van der Waals surface area contributed by atoms with Gasteiger partial charge in [0, 0.05) is 6.61 Å². The lowest BCUT2D eigenvalue weighted by Gasteiger charge is -2.30. The standard InChI is InChI=1S/C16H31NO3/c1-4-10-17-16(3,15(18)19)9-11-20-14-8-6-7-13(5-2)12-14/h13-14,17H,4-12H2,1-3H3,(H,18,19). The van der Waals surface area contributed by atoms with Gasteiger partial charge in [-0.05, 0) is 45.1 Å². The molecule has 0 aliphatic heterocycles. The van der Waals surface area contributed by atoms with E-state index < -0.39 is 11.5 Å². The first kappa shape index (κ1) is 17.4. The van der Waals surface area contributed by atoms with Crippen LogP contribution in [0.5, 0.6) is 0 Å². The number of carboxylic acid groups (broad SMARTS) is 1. The number of nitrogens with one attached hydrogen (secondary N) is 1. The van der Waals surface area contributed by atoms with Gasteiger partial charge in [-0.1, -0.05) is 33.1 Å². The minimum atomic E-state index is -0.866. The molecule has 0 spiro atoms. The van der Waals surface area contributed by atoms with Crippen molar-refractivity contribution >= 4 is 5.97 Å². The van der Waals surface area contributed by atoms with Gasteiger partial charge in [0.15, 0.2) is 0 Å². The van der Waals surface area contributed by atoms with Crippen LogP contribution in [0.25, 0.3) is 0 Å². The Kier molecular flexibility index (Phi) is 7.52. The maximum absolute atomic E-state index is 11.4. The Morgan fingerprint density at radius 2 is 2.15 bits per heavy atom. The highest BCUT2D eigenvalue weighted by atomic mass is 16.5. The van der Waals surface area contributed by atoms with Crippen LogP contribution in [0.3, 0.4) is 0 Å². The van der Waals surface area contributed by atoms with Gasteiger partial charge in [-0.3, -0.25) is 4.79 Å². The van der Waals surface area contributed by atoms with Gasteiger partial charge >= 0.3 is 5.97 Å². The summed E-state index contributed by atoms with van der Waals surface area (Å²) in [5.74, 6) is 0.00227. The second kappa shape index (κ2) is 8.63. The highest BCUT2D eigenvalue weighted by Crippen LogP contribution is 2.28. The topological polar surface area (TPSA) is 58.6 Å². The Bertz CT molecular complexity index is 295. The largest absolute Gasteiger partial charge is 0.480 e. The summed E-state index contributed by atoms with van der Waals surface area (Å²) in [5, 5.41) is 12.5. The summed E-state index contributed by atoms with van der Waals surface area (Å²) in [6.45, 7) is 7.29. The summed E-state index contributed by atoms with van der Waals surface area (Å²) in [7, 11) is 0. The van der Waals surface area contributed by atoms with E-state index in [-0.39, 0.29) is 0 Å². The average Bonchev–Trinajstić information content (AvgIpc) is 2.45. The quantitative estimate of drug-likeness (QED) is 0.683. The third-order valence-electron chi connectivity index (χ3n) is 4.50. The Labute approximate surface area is 123 Å². The van der Waals surface area contributed by atoms with E-state index in [1.54, 1.807) is 6.92 Å².